The quantitative estimate of drug-likeness (QED) is 0.205. The molecule has 7 rings (SSSR count). The highest BCUT2D eigenvalue weighted by atomic mass is 35.5. The van der Waals surface area contributed by atoms with E-state index in [1.165, 1.54) is 0 Å². The number of aromatic nitrogens is 2. The number of amides is 1. The molecule has 0 radical (unpaired) electrons. The summed E-state index contributed by atoms with van der Waals surface area (Å²) in [5.41, 5.74) is 6.02. The summed E-state index contributed by atoms with van der Waals surface area (Å²) in [6, 6.07) is 40.8. The maximum absolute atomic E-state index is 13.7. The van der Waals surface area contributed by atoms with E-state index in [2.05, 4.69) is 0 Å². The topological polar surface area (TPSA) is 55.2 Å². The maximum atomic E-state index is 13.7. The number of rotatable bonds is 5. The van der Waals surface area contributed by atoms with Crippen molar-refractivity contribution in [1.82, 2.24) is 9.55 Å². The Labute approximate surface area is 252 Å². The molecule has 0 saturated carbocycles. The Balaban J connectivity index is 1.22. The van der Waals surface area contributed by atoms with Gasteiger partial charge in [-0.2, -0.15) is 0 Å². The smallest absolute Gasteiger partial charge is 0.266 e. The summed E-state index contributed by atoms with van der Waals surface area (Å²) in [6.07, 6.45) is 0. The molecule has 1 aliphatic heterocycles. The molecule has 42 heavy (non-hydrogen) atoms. The van der Waals surface area contributed by atoms with Crippen LogP contribution in [-0.2, 0) is 4.79 Å². The van der Waals surface area contributed by atoms with E-state index in [1.807, 2.05) is 132 Å². The van der Waals surface area contributed by atoms with Gasteiger partial charge in [0.2, 0.25) is 5.91 Å². The molecule has 1 saturated heterocycles. The average Bonchev–Trinajstić information content (AvgIpc) is 3.43. The number of hydrogen-bond donors (Lipinski definition) is 0. The fourth-order valence-electron chi connectivity index (χ4n) is 5.38. The second kappa shape index (κ2) is 11.0. The predicted molar refractivity (Wildman–Crippen MR) is 172 cm³/mol. The molecule has 204 valence electrons. The van der Waals surface area contributed by atoms with Gasteiger partial charge in [-0.25, -0.2) is 4.98 Å². The van der Waals surface area contributed by atoms with Crippen molar-refractivity contribution in [2.75, 3.05) is 10.7 Å². The van der Waals surface area contributed by atoms with Gasteiger partial charge in [0.25, 0.3) is 5.56 Å². The number of halogens is 1. The summed E-state index contributed by atoms with van der Waals surface area (Å²) in [5, 5.41) is 1.11. The highest BCUT2D eigenvalue weighted by Crippen LogP contribution is 2.42. The molecule has 1 aliphatic rings. The molecule has 7 heteroatoms. The zero-order valence-corrected chi connectivity index (χ0v) is 23.9. The second-order valence-corrected chi connectivity index (χ2v) is 11.5. The summed E-state index contributed by atoms with van der Waals surface area (Å²) in [4.78, 5) is 33.3. The van der Waals surface area contributed by atoms with E-state index in [0.717, 1.165) is 33.6 Å². The molecule has 0 bridgehead atoms. The molecular weight excluding hydrogens is 562 g/mol. The molecule has 0 N–H and O–H groups in total. The Morgan fingerprint density at radius 2 is 1.36 bits per heavy atom. The van der Waals surface area contributed by atoms with Gasteiger partial charge in [-0.1, -0.05) is 90.5 Å². The third-order valence-electron chi connectivity index (χ3n) is 7.41. The van der Waals surface area contributed by atoms with Crippen molar-refractivity contribution in [1.29, 1.82) is 0 Å². The largest absolute Gasteiger partial charge is 0.295 e. The number of carbonyl (C=O) groups is 1. The first kappa shape index (κ1) is 26.3. The summed E-state index contributed by atoms with van der Waals surface area (Å²) in [7, 11) is 0. The van der Waals surface area contributed by atoms with Crippen LogP contribution in [0.3, 0.4) is 0 Å². The summed E-state index contributed by atoms with van der Waals surface area (Å²) >= 11 is 7.83. The van der Waals surface area contributed by atoms with Crippen molar-refractivity contribution in [2.45, 2.75) is 5.37 Å². The van der Waals surface area contributed by atoms with Crippen LogP contribution in [0.5, 0.6) is 0 Å². The van der Waals surface area contributed by atoms with Crippen molar-refractivity contribution in [3.63, 3.8) is 0 Å². The lowest BCUT2D eigenvalue weighted by Gasteiger charge is -2.24. The molecule has 6 aromatic rings. The van der Waals surface area contributed by atoms with Gasteiger partial charge < -0.3 is 0 Å². The first-order chi connectivity index (χ1) is 20.6. The van der Waals surface area contributed by atoms with E-state index in [1.54, 1.807) is 16.3 Å². The van der Waals surface area contributed by atoms with Gasteiger partial charge in [-0.3, -0.25) is 19.1 Å². The third kappa shape index (κ3) is 4.79. The van der Waals surface area contributed by atoms with Gasteiger partial charge >= 0.3 is 0 Å². The molecule has 0 spiro atoms. The number of para-hydroxylation sites is 1. The Hall–Kier alpha value is -4.65. The minimum absolute atomic E-state index is 0.0748. The molecule has 1 fully saturated rings. The lowest BCUT2D eigenvalue weighted by Crippen LogP contribution is -2.27. The van der Waals surface area contributed by atoms with Gasteiger partial charge in [-0.05, 0) is 65.2 Å². The van der Waals surface area contributed by atoms with Gasteiger partial charge in [0, 0.05) is 16.3 Å². The number of anilines is 1. The van der Waals surface area contributed by atoms with Crippen LogP contribution in [0.2, 0.25) is 5.02 Å². The lowest BCUT2D eigenvalue weighted by molar-refractivity contribution is -0.115. The summed E-state index contributed by atoms with van der Waals surface area (Å²) < 4.78 is 1.68. The average molecular weight is 586 g/mol. The van der Waals surface area contributed by atoms with Crippen molar-refractivity contribution in [3.8, 4) is 28.2 Å². The van der Waals surface area contributed by atoms with Crippen LogP contribution >= 0.6 is 23.4 Å². The molecule has 1 amide bonds. The van der Waals surface area contributed by atoms with E-state index in [-0.39, 0.29) is 16.8 Å². The minimum Gasteiger partial charge on any atom is -0.295 e. The third-order valence-corrected chi connectivity index (χ3v) is 8.86. The lowest BCUT2D eigenvalue weighted by atomic mass is 10.0. The Morgan fingerprint density at radius 1 is 0.690 bits per heavy atom. The van der Waals surface area contributed by atoms with Crippen molar-refractivity contribution >= 4 is 45.9 Å². The minimum atomic E-state index is -0.117. The van der Waals surface area contributed by atoms with Crippen molar-refractivity contribution < 1.29 is 4.79 Å². The maximum Gasteiger partial charge on any atom is 0.266 e. The van der Waals surface area contributed by atoms with Crippen LogP contribution in [0.1, 0.15) is 10.9 Å². The van der Waals surface area contributed by atoms with Crippen molar-refractivity contribution in [2.24, 2.45) is 0 Å². The zero-order chi connectivity index (χ0) is 28.6. The molecule has 0 aliphatic carbocycles. The Bertz CT molecular complexity index is 1990. The first-order valence-corrected chi connectivity index (χ1v) is 15.0. The van der Waals surface area contributed by atoms with E-state index < -0.39 is 0 Å². The zero-order valence-electron chi connectivity index (χ0n) is 22.4. The van der Waals surface area contributed by atoms with Crippen LogP contribution < -0.4 is 10.5 Å². The van der Waals surface area contributed by atoms with Gasteiger partial charge in [0.1, 0.15) is 11.2 Å². The summed E-state index contributed by atoms with van der Waals surface area (Å²) in [5.74, 6) is 1.10. The molecule has 1 aromatic heterocycles. The van der Waals surface area contributed by atoms with Crippen molar-refractivity contribution in [3.05, 3.63) is 148 Å². The number of hydrogen-bond acceptors (Lipinski definition) is 4. The second-order valence-electron chi connectivity index (χ2n) is 10.0. The molecule has 2 heterocycles. The molecule has 1 atom stereocenters. The van der Waals surface area contributed by atoms with Gasteiger partial charge in [0.15, 0.2) is 0 Å². The Morgan fingerprint density at radius 3 is 2.07 bits per heavy atom. The fourth-order valence-corrected chi connectivity index (χ4v) is 6.75. The Kier molecular flexibility index (Phi) is 6.86. The number of nitrogens with zero attached hydrogens (tertiary/aromatic N) is 3. The van der Waals surface area contributed by atoms with Crippen LogP contribution in [0.15, 0.2) is 132 Å². The molecule has 5 nitrogen and oxygen atoms in total. The highest BCUT2D eigenvalue weighted by Gasteiger charge is 2.34. The molecule has 5 aromatic carbocycles. The number of carbonyl (C=O) groups excluding carboxylic acids is 1. The fraction of sp³-hybridized carbons (Fsp3) is 0.0571. The molecule has 1 unspecified atom stereocenters. The van der Waals surface area contributed by atoms with Gasteiger partial charge in [0.05, 0.1) is 22.3 Å². The van der Waals surface area contributed by atoms with E-state index in [4.69, 9.17) is 16.6 Å². The van der Waals surface area contributed by atoms with E-state index in [0.29, 0.717) is 27.5 Å². The monoisotopic (exact) mass is 585 g/mol. The number of benzene rings is 5. The van der Waals surface area contributed by atoms with Crippen LogP contribution in [-0.4, -0.2) is 21.2 Å². The number of fused-ring (bicyclic) bond motifs is 1. The highest BCUT2D eigenvalue weighted by molar-refractivity contribution is 8.00. The van der Waals surface area contributed by atoms with E-state index in [9.17, 15) is 9.59 Å². The molecular formula is C35H24ClN3O2S. The standard InChI is InChI=1S/C35H24ClN3O2S/c36-27-10-6-9-26(21-27)35-38(32(40)22-42-35)28-17-13-23(14-18-28)24-15-19-29(20-16-24)39-33(25-7-2-1-3-8-25)37-31-12-5-4-11-30(31)34(39)41/h1-21,35H,22H2. The van der Waals surface area contributed by atoms with E-state index >= 15 is 0 Å². The summed E-state index contributed by atoms with van der Waals surface area (Å²) in [6.45, 7) is 0. The normalized spacial score (nSPS) is 14.9. The first-order valence-electron chi connectivity index (χ1n) is 13.5. The van der Waals surface area contributed by atoms with Crippen LogP contribution in [0, 0.1) is 0 Å². The van der Waals surface area contributed by atoms with Crippen LogP contribution in [0.4, 0.5) is 5.69 Å². The van der Waals surface area contributed by atoms with Gasteiger partial charge in [-0.15, -0.1) is 11.8 Å². The SMILES string of the molecule is O=C1CSC(c2cccc(Cl)c2)N1c1ccc(-c2ccc(-n3c(-c4ccccc4)nc4ccccc4c3=O)cc2)cc1. The predicted octanol–water partition coefficient (Wildman–Crippen LogP) is 8.15. The number of thioether (sulfide) groups is 1. The van der Waals surface area contributed by atoms with Crippen LogP contribution in [0.25, 0.3) is 39.1 Å².